The number of ether oxygens (including phenoxy) is 4. The second-order valence-electron chi connectivity index (χ2n) is 26.7. The lowest BCUT2D eigenvalue weighted by Crippen LogP contribution is -2.30. The first-order chi connectivity index (χ1) is 47.7. The fraction of sp³-hybridized carbons (Fsp3) is 0.823. The number of aliphatic hydroxyl groups excluding tert-OH is 1. The van der Waals surface area contributed by atoms with E-state index in [1.54, 1.807) is 0 Å². The summed E-state index contributed by atoms with van der Waals surface area (Å²) in [5, 5.41) is 10.6. The van der Waals surface area contributed by atoms with Gasteiger partial charge in [0.1, 0.15) is 19.3 Å². The van der Waals surface area contributed by atoms with Gasteiger partial charge < -0.3 is 33.8 Å². The van der Waals surface area contributed by atoms with Crippen molar-refractivity contribution in [3.8, 4) is 0 Å². The van der Waals surface area contributed by atoms with Crippen molar-refractivity contribution >= 4 is 39.5 Å². The summed E-state index contributed by atoms with van der Waals surface area (Å²) in [5.74, 6) is -2.18. The molecule has 0 aliphatic carbocycles. The zero-order valence-corrected chi connectivity index (χ0v) is 64.3. The number of carbonyl (C=O) groups excluding carboxylic acids is 4. The molecule has 3 N–H and O–H groups in total. The first-order valence-corrected chi connectivity index (χ1v) is 42.5. The van der Waals surface area contributed by atoms with Gasteiger partial charge in [0.2, 0.25) is 0 Å². The topological polar surface area (TPSA) is 237 Å². The van der Waals surface area contributed by atoms with Crippen LogP contribution in [0.15, 0.2) is 60.8 Å². The molecule has 0 saturated heterocycles. The van der Waals surface area contributed by atoms with Crippen molar-refractivity contribution in [2.45, 2.75) is 380 Å². The number of rotatable bonds is 75. The summed E-state index contributed by atoms with van der Waals surface area (Å²) in [6.07, 6.45) is 70.5. The maximum atomic E-state index is 13.1. The van der Waals surface area contributed by atoms with E-state index >= 15 is 0 Å². The number of hydrogen-bond acceptors (Lipinski definition) is 15. The summed E-state index contributed by atoms with van der Waals surface area (Å²) in [6, 6.07) is 0. The van der Waals surface area contributed by atoms with Gasteiger partial charge in [0.25, 0.3) is 0 Å². The van der Waals surface area contributed by atoms with Crippen molar-refractivity contribution < 1.29 is 80.2 Å². The van der Waals surface area contributed by atoms with Crippen LogP contribution in [0.25, 0.3) is 0 Å². The van der Waals surface area contributed by atoms with Gasteiger partial charge >= 0.3 is 39.5 Å². The van der Waals surface area contributed by atoms with E-state index in [0.717, 1.165) is 148 Å². The Balaban J connectivity index is 5.34. The van der Waals surface area contributed by atoms with E-state index in [9.17, 15) is 43.2 Å². The summed E-state index contributed by atoms with van der Waals surface area (Å²) < 4.78 is 68.5. The molecule has 0 rings (SSSR count). The van der Waals surface area contributed by atoms with Crippen molar-refractivity contribution in [3.05, 3.63) is 60.8 Å². The fourth-order valence-corrected chi connectivity index (χ4v) is 12.4. The number of esters is 4. The van der Waals surface area contributed by atoms with Crippen LogP contribution in [0.4, 0.5) is 0 Å². The predicted molar refractivity (Wildman–Crippen MR) is 400 cm³/mol. The van der Waals surface area contributed by atoms with Crippen molar-refractivity contribution in [1.82, 2.24) is 0 Å². The monoisotopic (exact) mass is 1430 g/mol. The molecule has 0 amide bonds. The second-order valence-corrected chi connectivity index (χ2v) is 29.6. The molecule has 0 radical (unpaired) electrons. The van der Waals surface area contributed by atoms with Gasteiger partial charge in [-0.2, -0.15) is 0 Å². The zero-order valence-electron chi connectivity index (χ0n) is 62.5. The van der Waals surface area contributed by atoms with Crippen LogP contribution in [0.2, 0.25) is 0 Å². The highest BCUT2D eigenvalue weighted by Gasteiger charge is 2.30. The normalized spacial score (nSPS) is 14.2. The smallest absolute Gasteiger partial charge is 0.462 e. The molecule has 5 atom stereocenters. The average Bonchev–Trinajstić information content (AvgIpc) is 1.04. The number of unbranched alkanes of at least 4 members (excludes halogenated alkanes) is 39. The maximum absolute atomic E-state index is 13.1. The van der Waals surface area contributed by atoms with Crippen LogP contribution in [0.3, 0.4) is 0 Å². The standard InChI is InChI=1S/C79H144O17P2/c1-5-9-13-17-21-25-29-33-36-40-43-47-51-55-59-63-76(81)89-69-74(95-78(83)65-61-57-53-49-45-39-32-28-24-20-16-12-8-4)71-93-97(85,86)91-67-73(80)68-92-98(87,88)94-72-75(96-79(84)66-62-58-54-50-46-42-38-35-31-27-23-19-15-11-7-3)70-90-77(82)64-60-56-52-48-44-41-37-34-30-26-22-18-14-10-6-2/h22-23,26-28,32,34-35,37-38,73-75,80H,5-21,24-25,29-31,33,36,39-72H2,1-4H3,(H,85,86)(H,87,88)/b26-22-,27-23-,32-28-,37-34-,38-35-. The van der Waals surface area contributed by atoms with Gasteiger partial charge in [-0.15, -0.1) is 0 Å². The van der Waals surface area contributed by atoms with E-state index in [1.807, 2.05) is 0 Å². The molecule has 0 aromatic carbocycles. The van der Waals surface area contributed by atoms with Gasteiger partial charge in [0.05, 0.1) is 26.4 Å². The Morgan fingerprint density at radius 3 is 0.796 bits per heavy atom. The summed E-state index contributed by atoms with van der Waals surface area (Å²) in [4.78, 5) is 72.9. The van der Waals surface area contributed by atoms with Crippen LogP contribution in [0.5, 0.6) is 0 Å². The van der Waals surface area contributed by atoms with Crippen LogP contribution >= 0.6 is 15.6 Å². The highest BCUT2D eigenvalue weighted by Crippen LogP contribution is 2.45. The molecule has 0 bridgehead atoms. The van der Waals surface area contributed by atoms with Gasteiger partial charge in [-0.05, 0) is 116 Å². The second kappa shape index (κ2) is 72.1. The molecule has 0 aromatic rings. The highest BCUT2D eigenvalue weighted by molar-refractivity contribution is 7.47. The van der Waals surface area contributed by atoms with E-state index < -0.39 is 97.5 Å². The molecule has 0 aromatic heterocycles. The van der Waals surface area contributed by atoms with Crippen molar-refractivity contribution in [1.29, 1.82) is 0 Å². The number of phosphoric ester groups is 2. The van der Waals surface area contributed by atoms with Gasteiger partial charge in [-0.3, -0.25) is 37.3 Å². The molecule has 0 aliphatic rings. The minimum atomic E-state index is -4.98. The van der Waals surface area contributed by atoms with Crippen LogP contribution in [-0.2, 0) is 65.4 Å². The minimum absolute atomic E-state index is 0.0791. The first-order valence-electron chi connectivity index (χ1n) is 39.5. The Labute approximate surface area is 597 Å². The quantitative estimate of drug-likeness (QED) is 0.0169. The van der Waals surface area contributed by atoms with E-state index in [2.05, 4.69) is 88.5 Å². The number of carbonyl (C=O) groups is 4. The van der Waals surface area contributed by atoms with E-state index in [-0.39, 0.29) is 25.7 Å². The lowest BCUT2D eigenvalue weighted by atomic mass is 10.0. The maximum Gasteiger partial charge on any atom is 0.472 e. The molecule has 0 heterocycles. The molecular formula is C79H144O17P2. The lowest BCUT2D eigenvalue weighted by Gasteiger charge is -2.21. The molecular weight excluding hydrogens is 1280 g/mol. The largest absolute Gasteiger partial charge is 0.472 e. The third-order valence-corrected chi connectivity index (χ3v) is 18.9. The molecule has 0 saturated carbocycles. The summed E-state index contributed by atoms with van der Waals surface area (Å²) in [7, 11) is -9.95. The molecule has 19 heteroatoms. The van der Waals surface area contributed by atoms with Gasteiger partial charge in [-0.25, -0.2) is 9.13 Å². The average molecular weight is 1430 g/mol. The lowest BCUT2D eigenvalue weighted by molar-refractivity contribution is -0.161. The van der Waals surface area contributed by atoms with Crippen LogP contribution in [-0.4, -0.2) is 96.7 Å². The van der Waals surface area contributed by atoms with E-state index in [0.29, 0.717) is 25.7 Å². The summed E-state index contributed by atoms with van der Waals surface area (Å²) in [6.45, 7) is 4.83. The highest BCUT2D eigenvalue weighted by atomic mass is 31.2. The van der Waals surface area contributed by atoms with E-state index in [4.69, 9.17) is 37.0 Å². The van der Waals surface area contributed by atoms with Crippen LogP contribution in [0, 0.1) is 0 Å². The molecule has 5 unspecified atom stereocenters. The Morgan fingerprint density at radius 1 is 0.286 bits per heavy atom. The van der Waals surface area contributed by atoms with Crippen LogP contribution in [0.1, 0.15) is 362 Å². The Morgan fingerprint density at radius 2 is 0.500 bits per heavy atom. The minimum Gasteiger partial charge on any atom is -0.462 e. The fourth-order valence-electron chi connectivity index (χ4n) is 10.9. The van der Waals surface area contributed by atoms with Gasteiger partial charge in [-0.1, -0.05) is 281 Å². The number of phosphoric acid groups is 2. The Kier molecular flexibility index (Phi) is 69.7. The molecule has 0 spiro atoms. The van der Waals surface area contributed by atoms with Crippen molar-refractivity contribution in [2.75, 3.05) is 39.6 Å². The first kappa shape index (κ1) is 94.8. The summed E-state index contributed by atoms with van der Waals surface area (Å²) in [5.41, 5.74) is 0. The Bertz CT molecular complexity index is 2100. The third-order valence-electron chi connectivity index (χ3n) is 17.0. The third kappa shape index (κ3) is 71.2. The molecule has 0 aliphatic heterocycles. The molecule has 572 valence electrons. The zero-order chi connectivity index (χ0) is 71.8. The van der Waals surface area contributed by atoms with Crippen molar-refractivity contribution in [3.63, 3.8) is 0 Å². The van der Waals surface area contributed by atoms with Gasteiger partial charge in [0.15, 0.2) is 12.2 Å². The summed E-state index contributed by atoms with van der Waals surface area (Å²) >= 11 is 0. The predicted octanol–water partition coefficient (Wildman–Crippen LogP) is 22.7. The number of hydrogen-bond donors (Lipinski definition) is 3. The van der Waals surface area contributed by atoms with Gasteiger partial charge in [0, 0.05) is 25.7 Å². The SMILES string of the molecule is CCCCC/C=C\C/C=C\CCCCCCCC(=O)OCC(COP(=O)(O)OCC(O)COP(=O)(O)OCC(COC(=O)CCCCCCCCCCCCCCCCC)OC(=O)CCCCCCC/C=C\CCCCCC)OC(=O)CCCCCCC/C=C\C/C=C\CCCCC. The number of aliphatic hydroxyl groups is 1. The molecule has 17 nitrogen and oxygen atoms in total. The van der Waals surface area contributed by atoms with Crippen molar-refractivity contribution in [2.24, 2.45) is 0 Å². The van der Waals surface area contributed by atoms with Crippen LogP contribution < -0.4 is 0 Å². The Hall–Kier alpha value is -3.24. The molecule has 98 heavy (non-hydrogen) atoms. The number of allylic oxidation sites excluding steroid dienone is 10. The van der Waals surface area contributed by atoms with E-state index in [1.165, 1.54) is 135 Å². The molecule has 0 fully saturated rings.